The molecular formula is C24H19ClF2N4O5. The lowest BCUT2D eigenvalue weighted by Crippen LogP contribution is -2.58. The summed E-state index contributed by atoms with van der Waals surface area (Å²) in [6.45, 7) is -0.250. The number of nitrogens with one attached hydrogen (secondary N) is 2. The van der Waals surface area contributed by atoms with E-state index < -0.39 is 40.7 Å². The summed E-state index contributed by atoms with van der Waals surface area (Å²) in [4.78, 5) is 38.0. The second kappa shape index (κ2) is 10.8. The summed E-state index contributed by atoms with van der Waals surface area (Å²) in [5, 5.41) is 16.3. The van der Waals surface area contributed by atoms with Crippen LogP contribution in [0.2, 0.25) is 5.02 Å². The highest BCUT2D eigenvalue weighted by atomic mass is 35.5. The predicted octanol–water partition coefficient (Wildman–Crippen LogP) is 4.53. The van der Waals surface area contributed by atoms with Crippen molar-refractivity contribution in [3.63, 3.8) is 0 Å². The molecule has 3 aromatic rings. The summed E-state index contributed by atoms with van der Waals surface area (Å²) in [6, 6.07) is 15.0. The van der Waals surface area contributed by atoms with Crippen molar-refractivity contribution in [3.8, 4) is 0 Å². The van der Waals surface area contributed by atoms with Gasteiger partial charge in [-0.1, -0.05) is 29.8 Å². The van der Waals surface area contributed by atoms with Gasteiger partial charge in [-0.2, -0.15) is 0 Å². The number of rotatable bonds is 6. The van der Waals surface area contributed by atoms with E-state index in [-0.39, 0.29) is 40.7 Å². The largest absolute Gasteiger partial charge is 0.373 e. The molecule has 0 aliphatic carbocycles. The van der Waals surface area contributed by atoms with Crippen LogP contribution >= 0.6 is 11.6 Å². The zero-order valence-electron chi connectivity index (χ0n) is 18.5. The topological polar surface area (TPSA) is 114 Å². The smallest absolute Gasteiger partial charge is 0.282 e. The van der Waals surface area contributed by atoms with Crippen molar-refractivity contribution in [2.45, 2.75) is 12.5 Å². The van der Waals surface area contributed by atoms with Gasteiger partial charge in [-0.05, 0) is 42.5 Å². The number of benzene rings is 3. The van der Waals surface area contributed by atoms with Crippen molar-refractivity contribution in [2.75, 3.05) is 23.4 Å². The van der Waals surface area contributed by atoms with Gasteiger partial charge in [0.15, 0.2) is 6.30 Å². The summed E-state index contributed by atoms with van der Waals surface area (Å²) >= 11 is 5.89. The number of alkyl halides is 1. The Morgan fingerprint density at radius 1 is 1.11 bits per heavy atom. The van der Waals surface area contributed by atoms with Crippen LogP contribution in [-0.2, 0) is 4.74 Å². The maximum atomic E-state index is 14.7. The lowest BCUT2D eigenvalue weighted by atomic mass is 10.1. The molecule has 4 rings (SSSR count). The van der Waals surface area contributed by atoms with Gasteiger partial charge in [0.25, 0.3) is 17.5 Å². The number of hydrogen-bond donors (Lipinski definition) is 2. The highest BCUT2D eigenvalue weighted by Crippen LogP contribution is 2.29. The van der Waals surface area contributed by atoms with Crippen molar-refractivity contribution in [3.05, 3.63) is 98.8 Å². The zero-order valence-corrected chi connectivity index (χ0v) is 19.2. The third-order valence-electron chi connectivity index (χ3n) is 5.34. The van der Waals surface area contributed by atoms with E-state index in [0.29, 0.717) is 0 Å². The molecule has 0 spiro atoms. The van der Waals surface area contributed by atoms with Crippen LogP contribution in [0.5, 0.6) is 0 Å². The van der Waals surface area contributed by atoms with Crippen LogP contribution in [0.1, 0.15) is 20.7 Å². The lowest BCUT2D eigenvalue weighted by Gasteiger charge is -2.36. The van der Waals surface area contributed by atoms with Gasteiger partial charge in [0.2, 0.25) is 0 Å². The Bertz CT molecular complexity index is 1310. The van der Waals surface area contributed by atoms with Crippen LogP contribution in [0.4, 0.5) is 25.8 Å². The molecule has 2 atom stereocenters. The highest BCUT2D eigenvalue weighted by molar-refractivity contribution is 6.31. The van der Waals surface area contributed by atoms with Crippen LogP contribution in [0.15, 0.2) is 66.7 Å². The van der Waals surface area contributed by atoms with E-state index in [1.54, 1.807) is 30.3 Å². The molecule has 1 saturated heterocycles. The predicted molar refractivity (Wildman–Crippen MR) is 128 cm³/mol. The third kappa shape index (κ3) is 5.48. The molecule has 2 N–H and O–H groups in total. The first-order valence-electron chi connectivity index (χ1n) is 10.7. The number of hydrogen-bond acceptors (Lipinski definition) is 6. The molecular weight excluding hydrogens is 498 g/mol. The maximum Gasteiger partial charge on any atom is 0.282 e. The van der Waals surface area contributed by atoms with Crippen LogP contribution in [-0.4, -0.2) is 42.4 Å². The second-order valence-electron chi connectivity index (χ2n) is 7.77. The standard InChI is InChI=1S/C24H19ClF2N4O5/c25-15-6-9-20(31(34)35)17(10-15)23(32)28-19-11-16(7-8-18(19)26)30(22-13-36-12-21(27)29-22)24(33)14-4-2-1-3-5-14/h1-11,21-22,29H,12-13H2,(H,28,32). The SMILES string of the molecule is O=C(Nc1cc(N(C(=O)c2ccccc2)C2COCC(F)N2)ccc1F)c1cc(Cl)ccc1[N+](=O)[O-]. The van der Waals surface area contributed by atoms with Gasteiger partial charge >= 0.3 is 0 Å². The molecule has 9 nitrogen and oxygen atoms in total. The number of nitrogens with zero attached hydrogens (tertiary/aromatic N) is 2. The average molecular weight is 517 g/mol. The molecule has 0 saturated carbocycles. The second-order valence-corrected chi connectivity index (χ2v) is 8.20. The fourth-order valence-electron chi connectivity index (χ4n) is 3.69. The number of morpholine rings is 1. The summed E-state index contributed by atoms with van der Waals surface area (Å²) in [7, 11) is 0. The summed E-state index contributed by atoms with van der Waals surface area (Å²) in [6.07, 6.45) is -2.48. The van der Waals surface area contributed by atoms with Crippen molar-refractivity contribution >= 4 is 40.5 Å². The molecule has 0 aromatic heterocycles. The number of nitro groups is 1. The van der Waals surface area contributed by atoms with Gasteiger partial charge < -0.3 is 10.1 Å². The van der Waals surface area contributed by atoms with Crippen LogP contribution < -0.4 is 15.5 Å². The minimum Gasteiger partial charge on any atom is -0.373 e. The first-order valence-corrected chi connectivity index (χ1v) is 11.0. The fraction of sp³-hybridized carbons (Fsp3) is 0.167. The molecule has 2 amide bonds. The van der Waals surface area contributed by atoms with Crippen LogP contribution in [0, 0.1) is 15.9 Å². The minimum absolute atomic E-state index is 0.0488. The van der Waals surface area contributed by atoms with E-state index in [0.717, 1.165) is 18.2 Å². The van der Waals surface area contributed by atoms with Crippen molar-refractivity contribution in [2.24, 2.45) is 0 Å². The monoisotopic (exact) mass is 516 g/mol. The molecule has 3 aromatic carbocycles. The Balaban J connectivity index is 1.71. The molecule has 186 valence electrons. The van der Waals surface area contributed by atoms with E-state index in [2.05, 4.69) is 10.6 Å². The number of amides is 2. The molecule has 36 heavy (non-hydrogen) atoms. The van der Waals surface area contributed by atoms with Crippen molar-refractivity contribution in [1.29, 1.82) is 0 Å². The van der Waals surface area contributed by atoms with Crippen molar-refractivity contribution < 1.29 is 28.0 Å². The Morgan fingerprint density at radius 3 is 2.56 bits per heavy atom. The molecule has 1 heterocycles. The average Bonchev–Trinajstić information content (AvgIpc) is 2.86. The Kier molecular flexibility index (Phi) is 7.53. The Morgan fingerprint density at radius 2 is 1.86 bits per heavy atom. The number of carbonyl (C=O) groups excluding carboxylic acids is 2. The van der Waals surface area contributed by atoms with E-state index in [1.165, 1.54) is 23.1 Å². The van der Waals surface area contributed by atoms with Gasteiger partial charge in [-0.15, -0.1) is 0 Å². The Hall–Kier alpha value is -3.93. The lowest BCUT2D eigenvalue weighted by molar-refractivity contribution is -0.385. The van der Waals surface area contributed by atoms with Gasteiger partial charge in [-0.3, -0.25) is 29.9 Å². The number of anilines is 2. The summed E-state index contributed by atoms with van der Waals surface area (Å²) < 4.78 is 34.0. The maximum absolute atomic E-state index is 14.7. The highest BCUT2D eigenvalue weighted by Gasteiger charge is 2.32. The first kappa shape index (κ1) is 25.2. The molecule has 2 unspecified atom stereocenters. The quantitative estimate of drug-likeness (QED) is 0.283. The number of halogens is 3. The van der Waals surface area contributed by atoms with Crippen molar-refractivity contribution in [1.82, 2.24) is 5.32 Å². The normalized spacial score (nSPS) is 17.3. The minimum atomic E-state index is -1.54. The molecule has 0 radical (unpaired) electrons. The molecule has 12 heteroatoms. The molecule has 0 bridgehead atoms. The van der Waals surface area contributed by atoms with E-state index in [9.17, 15) is 28.5 Å². The molecule has 1 fully saturated rings. The molecule has 1 aliphatic rings. The fourth-order valence-corrected chi connectivity index (χ4v) is 3.87. The van der Waals surface area contributed by atoms with Gasteiger partial charge in [-0.25, -0.2) is 8.78 Å². The first-order chi connectivity index (χ1) is 17.2. The van der Waals surface area contributed by atoms with Gasteiger partial charge in [0.1, 0.15) is 17.5 Å². The number of ether oxygens (including phenoxy) is 1. The molecule has 1 aliphatic heterocycles. The van der Waals surface area contributed by atoms with E-state index in [4.69, 9.17) is 16.3 Å². The zero-order chi connectivity index (χ0) is 25.8. The summed E-state index contributed by atoms with van der Waals surface area (Å²) in [5.74, 6) is -2.37. The van der Waals surface area contributed by atoms with E-state index in [1.807, 2.05) is 0 Å². The third-order valence-corrected chi connectivity index (χ3v) is 5.58. The Labute approximate surface area is 208 Å². The van der Waals surface area contributed by atoms with Crippen LogP contribution in [0.3, 0.4) is 0 Å². The van der Waals surface area contributed by atoms with Gasteiger partial charge in [0.05, 0.1) is 23.8 Å². The van der Waals surface area contributed by atoms with E-state index >= 15 is 0 Å². The van der Waals surface area contributed by atoms with Gasteiger partial charge in [0, 0.05) is 22.3 Å². The van der Waals surface area contributed by atoms with Crippen LogP contribution in [0.25, 0.3) is 0 Å². The number of nitro benzene ring substituents is 1. The summed E-state index contributed by atoms with van der Waals surface area (Å²) in [5.41, 5.74) is -0.851. The number of carbonyl (C=O) groups is 2.